The summed E-state index contributed by atoms with van der Waals surface area (Å²) in [7, 11) is 0. The maximum atomic E-state index is 11.4. The quantitative estimate of drug-likeness (QED) is 0.897. The lowest BCUT2D eigenvalue weighted by Crippen LogP contribution is -2.52. The number of carboxylic acid groups (broad SMARTS) is 1. The fraction of sp³-hybridized carbons (Fsp3) is 0.381. The molecule has 1 atom stereocenters. The fourth-order valence-electron chi connectivity index (χ4n) is 3.95. The molecule has 0 saturated carbocycles. The van der Waals surface area contributed by atoms with Crippen LogP contribution in [0.2, 0.25) is 0 Å². The monoisotopic (exact) mass is 337 g/mol. The average Bonchev–Trinajstić information content (AvgIpc) is 2.61. The second kappa shape index (κ2) is 6.19. The van der Waals surface area contributed by atoms with Crippen LogP contribution in [0.3, 0.4) is 0 Å². The Bertz CT molecular complexity index is 830. The molecule has 4 nitrogen and oxygen atoms in total. The number of hydrogen-bond donors (Lipinski definition) is 2. The van der Waals surface area contributed by atoms with Crippen LogP contribution in [0.5, 0.6) is 11.5 Å². The SMILES string of the molecule is NC1(C(=O)O)CCc2ccc(Oc3ccc4c(c3)CCCC4)cc2C1. The first kappa shape index (κ1) is 16.2. The van der Waals surface area contributed by atoms with Gasteiger partial charge in [0.15, 0.2) is 0 Å². The number of aryl methyl sites for hydroxylation is 3. The van der Waals surface area contributed by atoms with E-state index in [4.69, 9.17) is 10.5 Å². The van der Waals surface area contributed by atoms with E-state index in [1.165, 1.54) is 29.5 Å². The minimum absolute atomic E-state index is 0.346. The molecule has 0 aromatic heterocycles. The van der Waals surface area contributed by atoms with Gasteiger partial charge in [0.25, 0.3) is 0 Å². The highest BCUT2D eigenvalue weighted by Gasteiger charge is 2.37. The number of fused-ring (bicyclic) bond motifs is 2. The van der Waals surface area contributed by atoms with E-state index in [1.54, 1.807) is 0 Å². The van der Waals surface area contributed by atoms with E-state index in [-0.39, 0.29) is 0 Å². The number of rotatable bonds is 3. The largest absolute Gasteiger partial charge is 0.480 e. The standard InChI is InChI=1S/C21H23NO3/c22-21(20(23)24)10-9-15-6-8-19(12-17(15)13-21)25-18-7-5-14-3-1-2-4-16(14)11-18/h5-8,11-12H,1-4,9-10,13,22H2,(H,23,24). The molecule has 2 aliphatic rings. The van der Waals surface area contributed by atoms with E-state index >= 15 is 0 Å². The second-order valence-corrected chi connectivity index (χ2v) is 7.31. The smallest absolute Gasteiger partial charge is 0.324 e. The zero-order chi connectivity index (χ0) is 17.4. The number of ether oxygens (including phenoxy) is 1. The molecule has 4 heteroatoms. The van der Waals surface area contributed by atoms with Gasteiger partial charge in [-0.15, -0.1) is 0 Å². The summed E-state index contributed by atoms with van der Waals surface area (Å²) in [6.07, 6.45) is 6.29. The maximum absolute atomic E-state index is 11.4. The van der Waals surface area contributed by atoms with E-state index in [2.05, 4.69) is 12.1 Å². The zero-order valence-electron chi connectivity index (χ0n) is 14.3. The van der Waals surface area contributed by atoms with Crippen molar-refractivity contribution in [1.29, 1.82) is 0 Å². The summed E-state index contributed by atoms with van der Waals surface area (Å²) in [6, 6.07) is 12.3. The average molecular weight is 337 g/mol. The topological polar surface area (TPSA) is 72.6 Å². The van der Waals surface area contributed by atoms with E-state index in [0.717, 1.165) is 29.9 Å². The van der Waals surface area contributed by atoms with Crippen molar-refractivity contribution in [1.82, 2.24) is 0 Å². The summed E-state index contributed by atoms with van der Waals surface area (Å²) in [5.74, 6) is 0.650. The Morgan fingerprint density at radius 1 is 0.920 bits per heavy atom. The molecule has 0 aliphatic heterocycles. The summed E-state index contributed by atoms with van der Waals surface area (Å²) in [5.41, 5.74) is 9.84. The summed E-state index contributed by atoms with van der Waals surface area (Å²) in [4.78, 5) is 11.4. The van der Waals surface area contributed by atoms with Crippen molar-refractivity contribution in [2.24, 2.45) is 5.73 Å². The van der Waals surface area contributed by atoms with Crippen molar-refractivity contribution in [3.63, 3.8) is 0 Å². The van der Waals surface area contributed by atoms with Gasteiger partial charge in [0, 0.05) is 6.42 Å². The van der Waals surface area contributed by atoms with Gasteiger partial charge in [-0.25, -0.2) is 0 Å². The molecule has 2 aromatic carbocycles. The molecule has 130 valence electrons. The molecular weight excluding hydrogens is 314 g/mol. The van der Waals surface area contributed by atoms with Gasteiger partial charge in [-0.2, -0.15) is 0 Å². The number of benzene rings is 2. The molecule has 3 N–H and O–H groups in total. The Kier molecular flexibility index (Phi) is 4.00. The van der Waals surface area contributed by atoms with Gasteiger partial charge in [-0.05, 0) is 85.0 Å². The highest BCUT2D eigenvalue weighted by Crippen LogP contribution is 2.33. The molecule has 25 heavy (non-hydrogen) atoms. The van der Waals surface area contributed by atoms with Crippen LogP contribution in [-0.4, -0.2) is 16.6 Å². The lowest BCUT2D eigenvalue weighted by atomic mass is 9.78. The normalized spacial score (nSPS) is 22.0. The van der Waals surface area contributed by atoms with Crippen LogP contribution in [0.4, 0.5) is 0 Å². The number of hydrogen-bond acceptors (Lipinski definition) is 3. The molecule has 0 amide bonds. The molecule has 2 aromatic rings. The van der Waals surface area contributed by atoms with Crippen LogP contribution in [0.25, 0.3) is 0 Å². The second-order valence-electron chi connectivity index (χ2n) is 7.31. The van der Waals surface area contributed by atoms with Gasteiger partial charge in [0.1, 0.15) is 17.0 Å². The molecule has 0 saturated heterocycles. The summed E-state index contributed by atoms with van der Waals surface area (Å²) >= 11 is 0. The van der Waals surface area contributed by atoms with E-state index in [0.29, 0.717) is 19.3 Å². The Morgan fingerprint density at radius 3 is 2.20 bits per heavy atom. The Hall–Kier alpha value is -2.33. The van der Waals surface area contributed by atoms with Crippen LogP contribution < -0.4 is 10.5 Å². The third-order valence-electron chi connectivity index (χ3n) is 5.51. The van der Waals surface area contributed by atoms with Gasteiger partial charge in [-0.1, -0.05) is 12.1 Å². The molecule has 4 rings (SSSR count). The van der Waals surface area contributed by atoms with Crippen LogP contribution in [0.15, 0.2) is 36.4 Å². The first-order valence-corrected chi connectivity index (χ1v) is 8.97. The molecule has 2 aliphatic carbocycles. The molecule has 0 bridgehead atoms. The summed E-state index contributed by atoms with van der Waals surface area (Å²) in [6.45, 7) is 0. The Balaban J connectivity index is 1.57. The number of nitrogens with two attached hydrogens (primary N) is 1. The third-order valence-corrected chi connectivity index (χ3v) is 5.51. The highest BCUT2D eigenvalue weighted by atomic mass is 16.5. The predicted octanol–water partition coefficient (Wildman–Crippen LogP) is 3.63. The van der Waals surface area contributed by atoms with Crippen molar-refractivity contribution in [3.8, 4) is 11.5 Å². The maximum Gasteiger partial charge on any atom is 0.324 e. The van der Waals surface area contributed by atoms with Gasteiger partial charge in [0.2, 0.25) is 0 Å². The van der Waals surface area contributed by atoms with Gasteiger partial charge >= 0.3 is 5.97 Å². The Morgan fingerprint density at radius 2 is 1.52 bits per heavy atom. The van der Waals surface area contributed by atoms with Crippen LogP contribution in [0, 0.1) is 0 Å². The van der Waals surface area contributed by atoms with Gasteiger partial charge < -0.3 is 15.6 Å². The first-order chi connectivity index (χ1) is 12.0. The van der Waals surface area contributed by atoms with Crippen LogP contribution >= 0.6 is 0 Å². The van der Waals surface area contributed by atoms with E-state index in [1.807, 2.05) is 24.3 Å². The molecular formula is C21H23NO3. The van der Waals surface area contributed by atoms with Crippen molar-refractivity contribution in [3.05, 3.63) is 58.7 Å². The van der Waals surface area contributed by atoms with E-state index in [9.17, 15) is 9.90 Å². The van der Waals surface area contributed by atoms with Crippen molar-refractivity contribution < 1.29 is 14.6 Å². The third kappa shape index (κ3) is 3.14. The van der Waals surface area contributed by atoms with Crippen molar-refractivity contribution in [2.75, 3.05) is 0 Å². The number of carbonyl (C=O) groups is 1. The van der Waals surface area contributed by atoms with Crippen LogP contribution in [0.1, 0.15) is 41.5 Å². The lowest BCUT2D eigenvalue weighted by Gasteiger charge is -2.31. The molecule has 0 spiro atoms. The Labute approximate surface area is 147 Å². The fourth-order valence-corrected chi connectivity index (χ4v) is 3.95. The molecule has 0 fully saturated rings. The van der Waals surface area contributed by atoms with Crippen molar-refractivity contribution in [2.45, 2.75) is 50.5 Å². The first-order valence-electron chi connectivity index (χ1n) is 8.97. The zero-order valence-corrected chi connectivity index (χ0v) is 14.3. The van der Waals surface area contributed by atoms with Crippen LogP contribution in [-0.2, 0) is 30.5 Å². The minimum Gasteiger partial charge on any atom is -0.480 e. The minimum atomic E-state index is -1.17. The molecule has 0 heterocycles. The van der Waals surface area contributed by atoms with E-state index < -0.39 is 11.5 Å². The van der Waals surface area contributed by atoms with Crippen molar-refractivity contribution >= 4 is 5.97 Å². The predicted molar refractivity (Wildman–Crippen MR) is 96.2 cm³/mol. The summed E-state index contributed by atoms with van der Waals surface area (Å²) < 4.78 is 6.05. The number of aliphatic carboxylic acids is 1. The lowest BCUT2D eigenvalue weighted by molar-refractivity contribution is -0.143. The highest BCUT2D eigenvalue weighted by molar-refractivity contribution is 5.79. The number of carboxylic acids is 1. The van der Waals surface area contributed by atoms with Gasteiger partial charge in [-0.3, -0.25) is 4.79 Å². The molecule has 1 unspecified atom stereocenters. The van der Waals surface area contributed by atoms with Gasteiger partial charge in [0.05, 0.1) is 0 Å². The molecule has 0 radical (unpaired) electrons. The summed E-state index contributed by atoms with van der Waals surface area (Å²) in [5, 5.41) is 9.38.